The minimum atomic E-state index is -0.295. The monoisotopic (exact) mass is 470 g/mol. The van der Waals surface area contributed by atoms with Crippen molar-refractivity contribution in [2.75, 3.05) is 26.1 Å². The number of carbonyl (C=O) groups is 1. The van der Waals surface area contributed by atoms with E-state index in [4.69, 9.17) is 14.5 Å². The minimum Gasteiger partial charge on any atom is -0.493 e. The van der Waals surface area contributed by atoms with Crippen molar-refractivity contribution >= 4 is 28.5 Å². The number of hydrogen-bond acceptors (Lipinski definition) is 4. The molecule has 0 spiro atoms. The molecule has 0 fully saturated rings. The highest BCUT2D eigenvalue weighted by atomic mass is 16.5. The fourth-order valence-electron chi connectivity index (χ4n) is 3.90. The summed E-state index contributed by atoms with van der Waals surface area (Å²) in [7, 11) is 3.10. The molecule has 0 radical (unpaired) electrons. The number of aliphatic imine (C=N–C) groups is 1. The smallest absolute Gasteiger partial charge is 0.258 e. The summed E-state index contributed by atoms with van der Waals surface area (Å²) >= 11 is 0. The number of amides is 1. The van der Waals surface area contributed by atoms with Gasteiger partial charge in [-0.15, -0.1) is 0 Å². The Bertz CT molecular complexity index is 1340. The SMILES string of the molecule is CCc1cccc(NC(=NCCc2c[nH]c3ccccc23)NC(=O)c2ccc(OC)c(OC)c2)c1. The number of nitrogens with one attached hydrogen (secondary N) is 3. The molecule has 1 heterocycles. The number of ether oxygens (including phenoxy) is 2. The molecule has 0 saturated carbocycles. The standard InChI is InChI=1S/C28H30N4O3/c1-4-19-8-7-9-22(16-19)31-28(29-15-14-21-18-30-24-11-6-5-10-23(21)24)32-27(33)20-12-13-25(34-2)26(17-20)35-3/h5-13,16-18,30H,4,14-15H2,1-3H3,(H2,29,31,32,33). The molecule has 4 aromatic rings. The van der Waals surface area contributed by atoms with E-state index in [9.17, 15) is 4.79 Å². The number of fused-ring (bicyclic) bond motifs is 1. The zero-order valence-corrected chi connectivity index (χ0v) is 20.2. The lowest BCUT2D eigenvalue weighted by molar-refractivity contribution is 0.0976. The predicted molar refractivity (Wildman–Crippen MR) is 141 cm³/mol. The summed E-state index contributed by atoms with van der Waals surface area (Å²) in [5.74, 6) is 1.14. The van der Waals surface area contributed by atoms with Crippen molar-refractivity contribution in [3.8, 4) is 11.5 Å². The van der Waals surface area contributed by atoms with E-state index in [2.05, 4.69) is 46.8 Å². The van der Waals surface area contributed by atoms with Crippen LogP contribution >= 0.6 is 0 Å². The molecule has 3 aromatic carbocycles. The van der Waals surface area contributed by atoms with Crippen LogP contribution in [0.3, 0.4) is 0 Å². The summed E-state index contributed by atoms with van der Waals surface area (Å²) < 4.78 is 10.6. The predicted octanol–water partition coefficient (Wildman–Crippen LogP) is 5.19. The molecule has 1 amide bonds. The fourth-order valence-corrected chi connectivity index (χ4v) is 3.90. The molecule has 4 rings (SSSR count). The molecule has 0 aliphatic carbocycles. The van der Waals surface area contributed by atoms with Crippen LogP contribution in [0.1, 0.15) is 28.4 Å². The number of H-pyrrole nitrogens is 1. The highest BCUT2D eigenvalue weighted by Gasteiger charge is 2.13. The number of aryl methyl sites for hydroxylation is 1. The molecule has 3 N–H and O–H groups in total. The molecule has 7 heteroatoms. The van der Waals surface area contributed by atoms with Gasteiger partial charge in [0.05, 0.1) is 14.2 Å². The summed E-state index contributed by atoms with van der Waals surface area (Å²) in [5, 5.41) is 7.38. The summed E-state index contributed by atoms with van der Waals surface area (Å²) in [5.41, 5.74) is 4.78. The van der Waals surface area contributed by atoms with Crippen LogP contribution in [0, 0.1) is 0 Å². The van der Waals surface area contributed by atoms with Crippen LogP contribution in [-0.2, 0) is 12.8 Å². The molecule has 0 aliphatic rings. The van der Waals surface area contributed by atoms with Crippen molar-refractivity contribution in [3.63, 3.8) is 0 Å². The third-order valence-corrected chi connectivity index (χ3v) is 5.80. The number of carbonyl (C=O) groups excluding carboxylic acids is 1. The number of benzene rings is 3. The van der Waals surface area contributed by atoms with Gasteiger partial charge in [0, 0.05) is 34.9 Å². The Morgan fingerprint density at radius 3 is 2.60 bits per heavy atom. The molecule has 35 heavy (non-hydrogen) atoms. The number of guanidine groups is 1. The first-order valence-corrected chi connectivity index (χ1v) is 11.6. The lowest BCUT2D eigenvalue weighted by atomic mass is 10.1. The zero-order valence-electron chi connectivity index (χ0n) is 20.2. The Kier molecular flexibility index (Phi) is 7.67. The van der Waals surface area contributed by atoms with Crippen LogP contribution < -0.4 is 20.1 Å². The van der Waals surface area contributed by atoms with E-state index in [0.717, 1.165) is 24.0 Å². The van der Waals surface area contributed by atoms with Crippen LogP contribution in [0.5, 0.6) is 11.5 Å². The first-order valence-electron chi connectivity index (χ1n) is 11.6. The summed E-state index contributed by atoms with van der Waals surface area (Å²) in [6.07, 6.45) is 3.66. The van der Waals surface area contributed by atoms with Crippen molar-refractivity contribution < 1.29 is 14.3 Å². The maximum Gasteiger partial charge on any atom is 0.258 e. The van der Waals surface area contributed by atoms with Crippen molar-refractivity contribution in [1.29, 1.82) is 0 Å². The average molecular weight is 471 g/mol. The lowest BCUT2D eigenvalue weighted by Crippen LogP contribution is -2.36. The number of rotatable bonds is 8. The minimum absolute atomic E-state index is 0.295. The second-order valence-electron chi connectivity index (χ2n) is 8.04. The fraction of sp³-hybridized carbons (Fsp3) is 0.214. The van der Waals surface area contributed by atoms with Gasteiger partial charge in [-0.05, 0) is 60.4 Å². The van der Waals surface area contributed by atoms with Gasteiger partial charge in [0.1, 0.15) is 0 Å². The third-order valence-electron chi connectivity index (χ3n) is 5.80. The van der Waals surface area contributed by atoms with Crippen LogP contribution in [0.25, 0.3) is 10.9 Å². The zero-order chi connectivity index (χ0) is 24.6. The number of para-hydroxylation sites is 1. The van der Waals surface area contributed by atoms with Crippen molar-refractivity contribution in [3.05, 3.63) is 89.6 Å². The molecule has 0 saturated heterocycles. The summed E-state index contributed by atoms with van der Waals surface area (Å²) in [6, 6.07) is 21.3. The molecule has 1 aromatic heterocycles. The van der Waals surface area contributed by atoms with Gasteiger partial charge in [0.15, 0.2) is 11.5 Å². The molecule has 180 valence electrons. The van der Waals surface area contributed by atoms with Gasteiger partial charge in [-0.25, -0.2) is 0 Å². The maximum atomic E-state index is 13.1. The van der Waals surface area contributed by atoms with E-state index < -0.39 is 0 Å². The Labute approximate surface area is 205 Å². The molecule has 0 bridgehead atoms. The molecule has 0 unspecified atom stereocenters. The first-order chi connectivity index (χ1) is 17.1. The van der Waals surface area contributed by atoms with Crippen LogP contribution in [0.4, 0.5) is 5.69 Å². The van der Waals surface area contributed by atoms with E-state index in [1.165, 1.54) is 16.5 Å². The lowest BCUT2D eigenvalue weighted by Gasteiger charge is -2.14. The molecule has 0 atom stereocenters. The van der Waals surface area contributed by atoms with Crippen LogP contribution in [0.2, 0.25) is 0 Å². The van der Waals surface area contributed by atoms with Gasteiger partial charge in [-0.2, -0.15) is 0 Å². The van der Waals surface area contributed by atoms with E-state index in [0.29, 0.717) is 29.6 Å². The van der Waals surface area contributed by atoms with Gasteiger partial charge in [-0.3, -0.25) is 15.1 Å². The van der Waals surface area contributed by atoms with Crippen LogP contribution in [0.15, 0.2) is 77.9 Å². The van der Waals surface area contributed by atoms with Gasteiger partial charge >= 0.3 is 0 Å². The van der Waals surface area contributed by atoms with E-state index in [1.54, 1.807) is 32.4 Å². The summed E-state index contributed by atoms with van der Waals surface area (Å²) in [6.45, 7) is 2.61. The molecule has 0 aliphatic heterocycles. The van der Waals surface area contributed by atoms with Crippen molar-refractivity contribution in [1.82, 2.24) is 10.3 Å². The van der Waals surface area contributed by atoms with E-state index in [1.807, 2.05) is 30.5 Å². The number of anilines is 1. The topological polar surface area (TPSA) is 87.7 Å². The van der Waals surface area contributed by atoms with Gasteiger partial charge in [0.2, 0.25) is 5.96 Å². The third kappa shape index (κ3) is 5.81. The number of methoxy groups -OCH3 is 2. The second kappa shape index (κ2) is 11.2. The van der Waals surface area contributed by atoms with Gasteiger partial charge < -0.3 is 19.8 Å². The number of nitrogens with zero attached hydrogens (tertiary/aromatic N) is 1. The number of aromatic nitrogens is 1. The molecular formula is C28H30N4O3. The largest absolute Gasteiger partial charge is 0.493 e. The first kappa shape index (κ1) is 23.9. The van der Waals surface area contributed by atoms with Crippen molar-refractivity contribution in [2.45, 2.75) is 19.8 Å². The highest BCUT2D eigenvalue weighted by molar-refractivity contribution is 6.10. The average Bonchev–Trinajstić information content (AvgIpc) is 3.31. The quantitative estimate of drug-likeness (QED) is 0.244. The Morgan fingerprint density at radius 1 is 0.971 bits per heavy atom. The molecule has 7 nitrogen and oxygen atoms in total. The summed E-state index contributed by atoms with van der Waals surface area (Å²) in [4.78, 5) is 21.1. The van der Waals surface area contributed by atoms with Gasteiger partial charge in [0.25, 0.3) is 5.91 Å². The second-order valence-corrected chi connectivity index (χ2v) is 8.04. The number of aromatic amines is 1. The van der Waals surface area contributed by atoms with E-state index in [-0.39, 0.29) is 5.91 Å². The highest BCUT2D eigenvalue weighted by Crippen LogP contribution is 2.27. The van der Waals surface area contributed by atoms with Gasteiger partial charge in [-0.1, -0.05) is 37.3 Å². The maximum absolute atomic E-state index is 13.1. The Morgan fingerprint density at radius 2 is 1.80 bits per heavy atom. The normalized spacial score (nSPS) is 11.3. The Hall–Kier alpha value is -4.26. The van der Waals surface area contributed by atoms with Crippen LogP contribution in [-0.4, -0.2) is 37.6 Å². The van der Waals surface area contributed by atoms with Crippen molar-refractivity contribution in [2.24, 2.45) is 4.99 Å². The van der Waals surface area contributed by atoms with E-state index >= 15 is 0 Å². The number of hydrogen-bond donors (Lipinski definition) is 3. The molecular weight excluding hydrogens is 440 g/mol. The Balaban J connectivity index is 1.55.